The summed E-state index contributed by atoms with van der Waals surface area (Å²) in [6.45, 7) is 14.9. The molecule has 4 aromatic carbocycles. The number of rotatable bonds is 4. The highest BCUT2D eigenvalue weighted by atomic mass is 15.3. The normalized spacial score (nSPS) is 20.0. The van der Waals surface area contributed by atoms with Crippen LogP contribution in [0.1, 0.15) is 75.9 Å². The minimum atomic E-state index is -0.566. The average Bonchev–Trinajstić information content (AvgIpc) is 3.81. The van der Waals surface area contributed by atoms with Crippen molar-refractivity contribution in [1.29, 1.82) is 0 Å². The third-order valence-corrected chi connectivity index (χ3v) is 11.8. The molecule has 2 atom stereocenters. The molecule has 0 saturated carbocycles. The molecule has 0 spiro atoms. The Morgan fingerprint density at radius 3 is 2.27 bits per heavy atom. The van der Waals surface area contributed by atoms with E-state index in [0.29, 0.717) is 5.92 Å². The summed E-state index contributed by atoms with van der Waals surface area (Å²) in [4.78, 5) is 9.71. The highest BCUT2D eigenvalue weighted by Crippen LogP contribution is 2.60. The van der Waals surface area contributed by atoms with E-state index in [4.69, 9.17) is 4.98 Å². The van der Waals surface area contributed by atoms with Crippen molar-refractivity contribution in [3.05, 3.63) is 167 Å². The third kappa shape index (κ3) is 4.91. The van der Waals surface area contributed by atoms with Crippen LogP contribution in [0.25, 0.3) is 33.1 Å². The fourth-order valence-corrected chi connectivity index (χ4v) is 8.92. The quantitative estimate of drug-likeness (QED) is 0.185. The molecule has 0 amide bonds. The molecule has 2 aliphatic carbocycles. The van der Waals surface area contributed by atoms with E-state index in [1.54, 1.807) is 0 Å². The van der Waals surface area contributed by atoms with E-state index in [0.717, 1.165) is 24.5 Å². The number of hydrogen-bond acceptors (Lipinski definition) is 3. The Morgan fingerprint density at radius 2 is 1.52 bits per heavy atom. The summed E-state index contributed by atoms with van der Waals surface area (Å²) in [7, 11) is 2.11. The first kappa shape index (κ1) is 32.6. The molecule has 1 aliphatic heterocycles. The molecule has 260 valence electrons. The average molecular weight is 681 g/mol. The second-order valence-corrected chi connectivity index (χ2v) is 17.2. The van der Waals surface area contributed by atoms with Gasteiger partial charge in [0.15, 0.2) is 0 Å². The highest BCUT2D eigenvalue weighted by Gasteiger charge is 2.51. The summed E-state index contributed by atoms with van der Waals surface area (Å²) < 4.78 is 2.47. The Bertz CT molecular complexity index is 2460. The Balaban J connectivity index is 1.34. The number of pyridine rings is 1. The Hall–Kier alpha value is -5.35. The van der Waals surface area contributed by atoms with Gasteiger partial charge >= 0.3 is 0 Å². The number of anilines is 1. The molecule has 0 N–H and O–H groups in total. The van der Waals surface area contributed by atoms with Crippen molar-refractivity contribution in [3.63, 3.8) is 0 Å². The van der Waals surface area contributed by atoms with Crippen LogP contribution in [0.5, 0.6) is 0 Å². The summed E-state index contributed by atoms with van der Waals surface area (Å²) >= 11 is 0. The van der Waals surface area contributed by atoms with E-state index in [2.05, 4.69) is 185 Å². The number of hydrogen-bond donors (Lipinski definition) is 0. The zero-order valence-corrected chi connectivity index (χ0v) is 31.5. The number of nitrogens with zero attached hydrogens (tertiary/aromatic N) is 4. The first-order valence-corrected chi connectivity index (χ1v) is 18.7. The Morgan fingerprint density at radius 1 is 0.731 bits per heavy atom. The van der Waals surface area contributed by atoms with Crippen molar-refractivity contribution in [2.24, 2.45) is 11.3 Å². The molecule has 3 aliphatic rings. The summed E-state index contributed by atoms with van der Waals surface area (Å²) in [5.41, 5.74) is 13.4. The topological polar surface area (TPSA) is 24.3 Å². The molecule has 4 heteroatoms. The zero-order valence-electron chi connectivity index (χ0n) is 31.5. The maximum absolute atomic E-state index is 5.21. The molecule has 0 saturated heterocycles. The lowest BCUT2D eigenvalue weighted by molar-refractivity contribution is 0.293. The molecule has 0 radical (unpaired) electrons. The van der Waals surface area contributed by atoms with Crippen molar-refractivity contribution in [2.45, 2.75) is 58.8 Å². The van der Waals surface area contributed by atoms with Crippen LogP contribution in [-0.4, -0.2) is 28.2 Å². The summed E-state index contributed by atoms with van der Waals surface area (Å²) in [5.74, 6) is 0.444. The largest absolute Gasteiger partial charge is 0.361 e. The maximum Gasteiger partial charge on any atom is 0.0938 e. The van der Waals surface area contributed by atoms with Crippen molar-refractivity contribution >= 4 is 33.1 Å². The predicted molar refractivity (Wildman–Crippen MR) is 218 cm³/mol. The minimum Gasteiger partial charge on any atom is -0.361 e. The van der Waals surface area contributed by atoms with Crippen LogP contribution in [0.3, 0.4) is 0 Å². The lowest BCUT2D eigenvalue weighted by Crippen LogP contribution is -2.31. The lowest BCUT2D eigenvalue weighted by Gasteiger charge is -2.36. The van der Waals surface area contributed by atoms with Crippen molar-refractivity contribution in [3.8, 4) is 5.69 Å². The summed E-state index contributed by atoms with van der Waals surface area (Å²) in [6, 6.07) is 38.7. The van der Waals surface area contributed by atoms with E-state index in [-0.39, 0.29) is 10.8 Å². The van der Waals surface area contributed by atoms with Gasteiger partial charge in [-0.05, 0) is 99.0 Å². The van der Waals surface area contributed by atoms with Gasteiger partial charge in [0.2, 0.25) is 0 Å². The van der Waals surface area contributed by atoms with Gasteiger partial charge in [0.25, 0.3) is 0 Å². The van der Waals surface area contributed by atoms with E-state index in [1.165, 1.54) is 60.9 Å². The highest BCUT2D eigenvalue weighted by molar-refractivity contribution is 6.10. The molecule has 0 fully saturated rings. The minimum absolute atomic E-state index is 0.0302. The molecule has 6 aromatic rings. The monoisotopic (exact) mass is 680 g/mol. The smallest absolute Gasteiger partial charge is 0.0938 e. The van der Waals surface area contributed by atoms with Crippen LogP contribution in [0.2, 0.25) is 0 Å². The van der Waals surface area contributed by atoms with Gasteiger partial charge in [0.05, 0.1) is 28.8 Å². The van der Waals surface area contributed by atoms with Crippen LogP contribution in [0.4, 0.5) is 5.69 Å². The second-order valence-electron chi connectivity index (χ2n) is 17.2. The van der Waals surface area contributed by atoms with Crippen LogP contribution >= 0.6 is 0 Å². The van der Waals surface area contributed by atoms with E-state index < -0.39 is 5.41 Å². The van der Waals surface area contributed by atoms with Crippen molar-refractivity contribution in [1.82, 2.24) is 14.5 Å². The molecular formula is C48H48N4. The number of benzene rings is 4. The molecule has 1 unspecified atom stereocenters. The fourth-order valence-electron chi connectivity index (χ4n) is 8.92. The fraction of sp³-hybridized carbons (Fsp3) is 0.271. The Labute approximate surface area is 308 Å². The third-order valence-electron chi connectivity index (χ3n) is 11.8. The Kier molecular flexibility index (Phi) is 7.25. The lowest BCUT2D eigenvalue weighted by atomic mass is 9.66. The predicted octanol–water partition coefficient (Wildman–Crippen LogP) is 11.4. The van der Waals surface area contributed by atoms with Gasteiger partial charge in [-0.25, -0.2) is 0 Å². The molecule has 9 rings (SSSR count). The van der Waals surface area contributed by atoms with Crippen LogP contribution in [0.15, 0.2) is 139 Å². The molecule has 3 heterocycles. The van der Waals surface area contributed by atoms with Gasteiger partial charge in [0.1, 0.15) is 0 Å². The zero-order chi connectivity index (χ0) is 36.0. The van der Waals surface area contributed by atoms with Gasteiger partial charge in [0, 0.05) is 47.8 Å². The molecule has 4 nitrogen and oxygen atoms in total. The van der Waals surface area contributed by atoms with Gasteiger partial charge in [-0.3, -0.25) is 4.98 Å². The molecule has 2 aromatic heterocycles. The maximum atomic E-state index is 5.21. The second kappa shape index (κ2) is 11.6. The molecule has 52 heavy (non-hydrogen) atoms. The standard InChI is InChI=1S/C48H48N4/c1-46(2,3)32-19-22-41-39(27-32)40-28-33(47(4,5)6)20-23-42(40)48(41,45-17-10-11-24-49-45)34-18-21-38-37-15-8-9-16-43(37)52(44(38)29-34)36-14-12-13-35(30-36)51-26-25-50(7)31-51/h8-19,21-30,33H,20,31H2,1-7H3/t33?,48-/m0/s1. The van der Waals surface area contributed by atoms with Crippen LogP contribution < -0.4 is 4.90 Å². The number of para-hydroxylation sites is 1. The van der Waals surface area contributed by atoms with E-state index in [1.807, 2.05) is 12.3 Å². The van der Waals surface area contributed by atoms with E-state index in [9.17, 15) is 0 Å². The SMILES string of the molecule is CN1C=CN(c2cccc(-n3c4ccccc4c4ccc([C@@]5(c6ccccn6)C6=CCC(C(C)(C)C)C=C6c6cc(C(C)(C)C)ccc65)cc43)c2)C1. The number of allylic oxidation sites excluding steroid dienone is 4. The van der Waals surface area contributed by atoms with Crippen molar-refractivity contribution < 1.29 is 0 Å². The van der Waals surface area contributed by atoms with Gasteiger partial charge in [-0.1, -0.05) is 114 Å². The van der Waals surface area contributed by atoms with E-state index >= 15 is 0 Å². The van der Waals surface area contributed by atoms with Crippen LogP contribution in [-0.2, 0) is 10.8 Å². The van der Waals surface area contributed by atoms with Gasteiger partial charge < -0.3 is 14.4 Å². The molecule has 0 bridgehead atoms. The molecular weight excluding hydrogens is 633 g/mol. The van der Waals surface area contributed by atoms with Crippen LogP contribution in [0, 0.1) is 11.3 Å². The summed E-state index contributed by atoms with van der Waals surface area (Å²) in [6.07, 6.45) is 12.4. The first-order valence-electron chi connectivity index (χ1n) is 18.7. The summed E-state index contributed by atoms with van der Waals surface area (Å²) in [5, 5.41) is 2.51. The first-order chi connectivity index (χ1) is 24.9. The number of fused-ring (bicyclic) bond motifs is 6. The van der Waals surface area contributed by atoms with Gasteiger partial charge in [-0.15, -0.1) is 0 Å². The van der Waals surface area contributed by atoms with Crippen molar-refractivity contribution in [2.75, 3.05) is 18.6 Å². The number of aromatic nitrogens is 2. The van der Waals surface area contributed by atoms with Gasteiger partial charge in [-0.2, -0.15) is 0 Å².